The second-order valence-corrected chi connectivity index (χ2v) is 7.77. The number of ether oxygens (including phenoxy) is 1. The van der Waals surface area contributed by atoms with E-state index in [2.05, 4.69) is 26.0 Å². The molecule has 0 aromatic heterocycles. The molecule has 0 bridgehead atoms. The van der Waals surface area contributed by atoms with Gasteiger partial charge in [-0.15, -0.1) is 0 Å². The zero-order valence-corrected chi connectivity index (χ0v) is 14.1. The van der Waals surface area contributed by atoms with Gasteiger partial charge in [0.15, 0.2) is 0 Å². The van der Waals surface area contributed by atoms with Crippen molar-refractivity contribution in [2.75, 3.05) is 26.8 Å². The first-order valence-electron chi connectivity index (χ1n) is 6.57. The highest BCUT2D eigenvalue weighted by Crippen LogP contribution is 2.22. The highest BCUT2D eigenvalue weighted by Gasteiger charge is 2.34. The van der Waals surface area contributed by atoms with Crippen LogP contribution in [0.4, 0.5) is 4.39 Å². The third-order valence-electron chi connectivity index (χ3n) is 3.55. The van der Waals surface area contributed by atoms with E-state index in [-0.39, 0.29) is 21.5 Å². The minimum Gasteiger partial charge on any atom is -0.383 e. The summed E-state index contributed by atoms with van der Waals surface area (Å²) in [6.45, 7) is 1.51. The largest absolute Gasteiger partial charge is 0.383 e. The van der Waals surface area contributed by atoms with Crippen molar-refractivity contribution in [3.8, 4) is 0 Å². The molecule has 0 radical (unpaired) electrons. The fraction of sp³-hybridized carbons (Fsp3) is 0.538. The summed E-state index contributed by atoms with van der Waals surface area (Å²) in [4.78, 5) is 0.0290. The van der Waals surface area contributed by atoms with Gasteiger partial charge in [0, 0.05) is 13.7 Å². The van der Waals surface area contributed by atoms with Gasteiger partial charge in [-0.1, -0.05) is 0 Å². The Bertz CT molecular complexity index is 603. The van der Waals surface area contributed by atoms with Crippen LogP contribution in [-0.2, 0) is 14.8 Å². The minimum atomic E-state index is -3.69. The lowest BCUT2D eigenvalue weighted by atomic mass is 9.99. The predicted octanol–water partition coefficient (Wildman–Crippen LogP) is 1.64. The molecular weight excluding hydrogens is 363 g/mol. The molecule has 1 heterocycles. The van der Waals surface area contributed by atoms with Gasteiger partial charge >= 0.3 is 0 Å². The Balaban J connectivity index is 2.11. The highest BCUT2D eigenvalue weighted by atomic mass is 79.9. The summed E-state index contributed by atoms with van der Waals surface area (Å²) >= 11 is 2.99. The van der Waals surface area contributed by atoms with Gasteiger partial charge in [0.2, 0.25) is 10.0 Å². The van der Waals surface area contributed by atoms with Gasteiger partial charge in [0.25, 0.3) is 0 Å². The van der Waals surface area contributed by atoms with Crippen molar-refractivity contribution in [1.82, 2.24) is 10.0 Å². The zero-order chi connectivity index (χ0) is 15.5. The molecule has 8 heteroatoms. The minimum absolute atomic E-state index is 0.0290. The van der Waals surface area contributed by atoms with E-state index in [4.69, 9.17) is 4.74 Å². The highest BCUT2D eigenvalue weighted by molar-refractivity contribution is 9.10. The second kappa shape index (κ2) is 6.70. The average molecular weight is 381 g/mol. The summed E-state index contributed by atoms with van der Waals surface area (Å²) in [5.41, 5.74) is -0.376. The maximum atomic E-state index is 13.2. The molecule has 1 atom stereocenters. The first kappa shape index (κ1) is 16.8. The molecule has 0 saturated carbocycles. The van der Waals surface area contributed by atoms with Crippen molar-refractivity contribution in [2.24, 2.45) is 0 Å². The molecule has 1 aliphatic heterocycles. The van der Waals surface area contributed by atoms with E-state index in [1.807, 2.05) is 0 Å². The van der Waals surface area contributed by atoms with Crippen LogP contribution in [0.3, 0.4) is 0 Å². The summed E-state index contributed by atoms with van der Waals surface area (Å²) in [5, 5.41) is 3.29. The van der Waals surface area contributed by atoms with Gasteiger partial charge < -0.3 is 10.1 Å². The van der Waals surface area contributed by atoms with Crippen LogP contribution in [0.1, 0.15) is 12.8 Å². The zero-order valence-electron chi connectivity index (χ0n) is 11.7. The molecule has 0 amide bonds. The average Bonchev–Trinajstić information content (AvgIpc) is 2.89. The van der Waals surface area contributed by atoms with E-state index < -0.39 is 15.8 Å². The quantitative estimate of drug-likeness (QED) is 0.786. The first-order chi connectivity index (χ1) is 9.88. The molecule has 5 nitrogen and oxygen atoms in total. The topological polar surface area (TPSA) is 67.4 Å². The Kier molecular flexibility index (Phi) is 5.37. The Hall–Kier alpha value is -0.540. The number of halogens is 2. The van der Waals surface area contributed by atoms with Gasteiger partial charge in [-0.3, -0.25) is 0 Å². The van der Waals surface area contributed by atoms with Crippen molar-refractivity contribution in [3.63, 3.8) is 0 Å². The molecule has 2 N–H and O–H groups in total. The summed E-state index contributed by atoms with van der Waals surface area (Å²) < 4.78 is 45.6. The van der Waals surface area contributed by atoms with Crippen LogP contribution in [0.2, 0.25) is 0 Å². The standard InChI is InChI=1S/C13H18BrFN2O3S/c1-20-9-13(5-2-6-16-13)8-17-21(18,19)10-3-4-12(15)11(14)7-10/h3-4,7,16-17H,2,5-6,8-9H2,1H3. The summed E-state index contributed by atoms with van der Waals surface area (Å²) in [6.07, 6.45) is 1.82. The van der Waals surface area contributed by atoms with Crippen LogP contribution in [-0.4, -0.2) is 40.8 Å². The molecule has 21 heavy (non-hydrogen) atoms. The van der Waals surface area contributed by atoms with Crippen LogP contribution in [0.5, 0.6) is 0 Å². The summed E-state index contributed by atoms with van der Waals surface area (Å²) in [5.74, 6) is -0.498. The Morgan fingerprint density at radius 2 is 2.29 bits per heavy atom. The molecule has 0 aliphatic carbocycles. The van der Waals surface area contributed by atoms with E-state index in [1.54, 1.807) is 7.11 Å². The van der Waals surface area contributed by atoms with Gasteiger partial charge in [0.05, 0.1) is 21.5 Å². The van der Waals surface area contributed by atoms with E-state index in [9.17, 15) is 12.8 Å². The van der Waals surface area contributed by atoms with E-state index >= 15 is 0 Å². The normalized spacial score (nSPS) is 22.6. The fourth-order valence-electron chi connectivity index (χ4n) is 2.43. The third-order valence-corrected chi connectivity index (χ3v) is 5.56. The van der Waals surface area contributed by atoms with Crippen LogP contribution in [0.25, 0.3) is 0 Å². The number of nitrogens with one attached hydrogen (secondary N) is 2. The number of benzene rings is 1. The van der Waals surface area contributed by atoms with Crippen LogP contribution in [0.15, 0.2) is 27.6 Å². The van der Waals surface area contributed by atoms with E-state index in [1.165, 1.54) is 12.1 Å². The van der Waals surface area contributed by atoms with Crippen LogP contribution in [0, 0.1) is 5.82 Å². The SMILES string of the molecule is COCC1(CNS(=O)(=O)c2ccc(F)c(Br)c2)CCCN1. The molecule has 0 spiro atoms. The molecule has 1 unspecified atom stereocenters. The number of hydrogen-bond acceptors (Lipinski definition) is 4. The molecule has 1 aromatic rings. The van der Waals surface area contributed by atoms with Gasteiger partial charge in [0.1, 0.15) is 5.82 Å². The van der Waals surface area contributed by atoms with Crippen molar-refractivity contribution in [1.29, 1.82) is 0 Å². The second-order valence-electron chi connectivity index (χ2n) is 5.14. The fourth-order valence-corrected chi connectivity index (χ4v) is 4.11. The van der Waals surface area contributed by atoms with Crippen molar-refractivity contribution < 1.29 is 17.5 Å². The van der Waals surface area contributed by atoms with Crippen molar-refractivity contribution in [2.45, 2.75) is 23.3 Å². The predicted molar refractivity (Wildman–Crippen MR) is 81.1 cm³/mol. The molecule has 2 rings (SSSR count). The first-order valence-corrected chi connectivity index (χ1v) is 8.85. The van der Waals surface area contributed by atoms with Crippen LogP contribution < -0.4 is 10.0 Å². The van der Waals surface area contributed by atoms with Crippen LogP contribution >= 0.6 is 15.9 Å². The van der Waals surface area contributed by atoms with Gasteiger partial charge in [-0.2, -0.15) is 0 Å². The lowest BCUT2D eigenvalue weighted by Crippen LogP contribution is -2.52. The maximum Gasteiger partial charge on any atom is 0.240 e. The number of rotatable bonds is 6. The van der Waals surface area contributed by atoms with Gasteiger partial charge in [-0.05, 0) is 53.5 Å². The molecule has 1 aliphatic rings. The lowest BCUT2D eigenvalue weighted by Gasteiger charge is -2.28. The number of methoxy groups -OCH3 is 1. The smallest absolute Gasteiger partial charge is 0.240 e. The molecule has 1 saturated heterocycles. The maximum absolute atomic E-state index is 13.2. The molecule has 118 valence electrons. The monoisotopic (exact) mass is 380 g/mol. The van der Waals surface area contributed by atoms with E-state index in [0.29, 0.717) is 6.61 Å². The van der Waals surface area contributed by atoms with Crippen molar-refractivity contribution >= 4 is 26.0 Å². The Morgan fingerprint density at radius 1 is 1.52 bits per heavy atom. The van der Waals surface area contributed by atoms with E-state index in [0.717, 1.165) is 25.5 Å². The molecule has 1 aromatic carbocycles. The number of hydrogen-bond donors (Lipinski definition) is 2. The van der Waals surface area contributed by atoms with Gasteiger partial charge in [-0.25, -0.2) is 17.5 Å². The molecule has 1 fully saturated rings. The third kappa shape index (κ3) is 4.01. The summed E-state index contributed by atoms with van der Waals surface area (Å²) in [6, 6.07) is 3.62. The van der Waals surface area contributed by atoms with Crippen molar-refractivity contribution in [3.05, 3.63) is 28.5 Å². The Labute approximate surface area is 132 Å². The lowest BCUT2D eigenvalue weighted by molar-refractivity contribution is 0.122. The molecular formula is C13H18BrFN2O3S. The summed E-state index contributed by atoms with van der Waals surface area (Å²) in [7, 11) is -2.10. The Morgan fingerprint density at radius 3 is 2.86 bits per heavy atom. The number of sulfonamides is 1.